The monoisotopic (exact) mass is 231 g/mol. The Morgan fingerprint density at radius 2 is 2.07 bits per heavy atom. The van der Waals surface area contributed by atoms with Crippen LogP contribution in [0.3, 0.4) is 0 Å². The molecule has 4 heteroatoms. The van der Waals surface area contributed by atoms with Gasteiger partial charge < -0.3 is 10.1 Å². The second-order valence-corrected chi connectivity index (χ2v) is 6.35. The van der Waals surface area contributed by atoms with Crippen LogP contribution < -0.4 is 5.32 Å². The molecule has 2 aliphatic heterocycles. The zero-order valence-corrected chi connectivity index (χ0v) is 10.2. The lowest BCUT2D eigenvalue weighted by atomic mass is 10.0. The topological polar surface area (TPSA) is 38.3 Å². The number of hydrogen-bond acceptors (Lipinski definition) is 3. The zero-order valence-electron chi connectivity index (χ0n) is 9.41. The van der Waals surface area contributed by atoms with Gasteiger partial charge in [-0.15, -0.1) is 0 Å². The van der Waals surface area contributed by atoms with E-state index in [1.807, 2.05) is 0 Å². The van der Waals surface area contributed by atoms with Crippen molar-refractivity contribution in [2.24, 2.45) is 5.92 Å². The zero-order chi connectivity index (χ0) is 10.7. The summed E-state index contributed by atoms with van der Waals surface area (Å²) in [6.45, 7) is 4.15. The van der Waals surface area contributed by atoms with Crippen LogP contribution in [0.5, 0.6) is 0 Å². The molecule has 0 aliphatic carbocycles. The van der Waals surface area contributed by atoms with Crippen molar-refractivity contribution < 1.29 is 8.95 Å². The first-order chi connectivity index (χ1) is 7.25. The van der Waals surface area contributed by atoms with E-state index in [1.54, 1.807) is 0 Å². The number of ether oxygens (including phenoxy) is 1. The molecule has 3 nitrogen and oxygen atoms in total. The third-order valence-corrected chi connectivity index (χ3v) is 4.97. The molecule has 0 bridgehead atoms. The molecule has 0 aromatic heterocycles. The average molecular weight is 231 g/mol. The van der Waals surface area contributed by atoms with Gasteiger partial charge in [-0.2, -0.15) is 0 Å². The molecule has 2 aliphatic rings. The van der Waals surface area contributed by atoms with Gasteiger partial charge in [0.1, 0.15) is 0 Å². The fraction of sp³-hybridized carbons (Fsp3) is 1.00. The molecule has 2 atom stereocenters. The molecular weight excluding hydrogens is 210 g/mol. The molecule has 0 saturated carbocycles. The van der Waals surface area contributed by atoms with Crippen molar-refractivity contribution >= 4 is 10.8 Å². The van der Waals surface area contributed by atoms with Crippen LogP contribution in [-0.2, 0) is 15.5 Å². The molecule has 2 saturated heterocycles. The average Bonchev–Trinajstić information content (AvgIpc) is 2.63. The summed E-state index contributed by atoms with van der Waals surface area (Å²) in [7, 11) is -0.538. The number of hydrogen-bond donors (Lipinski definition) is 1. The van der Waals surface area contributed by atoms with Crippen LogP contribution in [0.4, 0.5) is 0 Å². The van der Waals surface area contributed by atoms with Gasteiger partial charge in [0.25, 0.3) is 0 Å². The molecule has 88 valence electrons. The van der Waals surface area contributed by atoms with E-state index in [9.17, 15) is 4.21 Å². The van der Waals surface area contributed by atoms with E-state index in [0.29, 0.717) is 18.1 Å². The molecular formula is C11H21NO2S. The first-order valence-electron chi connectivity index (χ1n) is 5.95. The lowest BCUT2D eigenvalue weighted by Gasteiger charge is -2.25. The van der Waals surface area contributed by atoms with E-state index in [2.05, 4.69) is 12.2 Å². The van der Waals surface area contributed by atoms with E-state index in [1.165, 1.54) is 6.42 Å². The maximum Gasteiger partial charge on any atom is 0.0588 e. The Morgan fingerprint density at radius 3 is 2.67 bits per heavy atom. The van der Waals surface area contributed by atoms with Crippen LogP contribution in [0.2, 0.25) is 0 Å². The molecule has 0 radical (unpaired) electrons. The molecule has 0 spiro atoms. The summed E-state index contributed by atoms with van der Waals surface area (Å²) in [4.78, 5) is 0. The van der Waals surface area contributed by atoms with Crippen molar-refractivity contribution in [3.8, 4) is 0 Å². The Morgan fingerprint density at radius 1 is 1.33 bits per heavy atom. The first kappa shape index (κ1) is 11.6. The number of nitrogens with one attached hydrogen (secondary N) is 1. The Balaban J connectivity index is 1.67. The van der Waals surface area contributed by atoms with Gasteiger partial charge >= 0.3 is 0 Å². The largest absolute Gasteiger partial charge is 0.378 e. The van der Waals surface area contributed by atoms with Crippen molar-refractivity contribution in [1.82, 2.24) is 5.32 Å². The third-order valence-electron chi connectivity index (χ3n) is 3.59. The normalized spacial score (nSPS) is 41.9. The Bertz CT molecular complexity index is 225. The standard InChI is InChI=1S/C11H21NO2S/c1-9-10(2-5-14-9)8-12-11-3-6-15(13)7-4-11/h9-12H,2-8H2,1H3. The third kappa shape index (κ3) is 3.26. The van der Waals surface area contributed by atoms with E-state index < -0.39 is 10.8 Å². The summed E-state index contributed by atoms with van der Waals surface area (Å²) in [5.41, 5.74) is 0. The minimum Gasteiger partial charge on any atom is -0.378 e. The summed E-state index contributed by atoms with van der Waals surface area (Å²) in [6.07, 6.45) is 3.76. The highest BCUT2D eigenvalue weighted by atomic mass is 32.2. The van der Waals surface area contributed by atoms with Crippen LogP contribution in [-0.4, -0.2) is 41.0 Å². The maximum absolute atomic E-state index is 11.2. The molecule has 0 aromatic carbocycles. The van der Waals surface area contributed by atoms with Gasteiger partial charge in [-0.1, -0.05) is 0 Å². The van der Waals surface area contributed by atoms with E-state index in [0.717, 1.165) is 37.5 Å². The fourth-order valence-corrected chi connectivity index (χ4v) is 3.66. The van der Waals surface area contributed by atoms with Crippen LogP contribution in [0, 0.1) is 5.92 Å². The van der Waals surface area contributed by atoms with Crippen LogP contribution in [0.25, 0.3) is 0 Å². The van der Waals surface area contributed by atoms with Crippen molar-refractivity contribution in [2.45, 2.75) is 38.3 Å². The quantitative estimate of drug-likeness (QED) is 0.785. The molecule has 0 aromatic rings. The van der Waals surface area contributed by atoms with Gasteiger partial charge in [0.15, 0.2) is 0 Å². The molecule has 2 fully saturated rings. The van der Waals surface area contributed by atoms with Crippen molar-refractivity contribution in [1.29, 1.82) is 0 Å². The fourth-order valence-electron chi connectivity index (χ4n) is 2.36. The lowest BCUT2D eigenvalue weighted by Crippen LogP contribution is -2.39. The molecule has 2 heterocycles. The van der Waals surface area contributed by atoms with Crippen molar-refractivity contribution in [3.05, 3.63) is 0 Å². The predicted molar refractivity (Wildman–Crippen MR) is 62.4 cm³/mol. The van der Waals surface area contributed by atoms with Gasteiger partial charge in [0.05, 0.1) is 6.10 Å². The van der Waals surface area contributed by atoms with Gasteiger partial charge in [-0.3, -0.25) is 4.21 Å². The van der Waals surface area contributed by atoms with Gasteiger partial charge in [-0.25, -0.2) is 0 Å². The summed E-state index contributed by atoms with van der Waals surface area (Å²) < 4.78 is 16.7. The smallest absolute Gasteiger partial charge is 0.0588 e. The molecule has 2 unspecified atom stereocenters. The summed E-state index contributed by atoms with van der Waals surface area (Å²) in [6, 6.07) is 0.593. The van der Waals surface area contributed by atoms with Crippen molar-refractivity contribution in [3.63, 3.8) is 0 Å². The summed E-state index contributed by atoms with van der Waals surface area (Å²) in [5, 5.41) is 3.60. The molecule has 0 amide bonds. The molecule has 1 N–H and O–H groups in total. The SMILES string of the molecule is CC1OCCC1CNC1CCS(=O)CC1. The lowest BCUT2D eigenvalue weighted by molar-refractivity contribution is 0.105. The van der Waals surface area contributed by atoms with E-state index in [-0.39, 0.29) is 0 Å². The van der Waals surface area contributed by atoms with E-state index >= 15 is 0 Å². The second-order valence-electron chi connectivity index (χ2n) is 4.66. The Hall–Kier alpha value is 0.0700. The Labute approximate surface area is 94.4 Å². The second kappa shape index (κ2) is 5.41. The minimum atomic E-state index is -0.538. The highest BCUT2D eigenvalue weighted by Gasteiger charge is 2.25. The minimum absolute atomic E-state index is 0.412. The molecule has 2 rings (SSSR count). The van der Waals surface area contributed by atoms with Gasteiger partial charge in [0.2, 0.25) is 0 Å². The van der Waals surface area contributed by atoms with Crippen LogP contribution in [0.1, 0.15) is 26.2 Å². The predicted octanol–water partition coefficient (Wildman–Crippen LogP) is 0.912. The Kier molecular flexibility index (Phi) is 4.17. The van der Waals surface area contributed by atoms with Crippen molar-refractivity contribution in [2.75, 3.05) is 24.7 Å². The maximum atomic E-state index is 11.2. The summed E-state index contributed by atoms with van der Waals surface area (Å²) in [5.74, 6) is 2.44. The highest BCUT2D eigenvalue weighted by Crippen LogP contribution is 2.20. The summed E-state index contributed by atoms with van der Waals surface area (Å²) >= 11 is 0. The number of rotatable bonds is 3. The van der Waals surface area contributed by atoms with Crippen LogP contribution in [0.15, 0.2) is 0 Å². The van der Waals surface area contributed by atoms with Gasteiger partial charge in [0, 0.05) is 41.5 Å². The first-order valence-corrected chi connectivity index (χ1v) is 7.44. The molecule has 15 heavy (non-hydrogen) atoms. The van der Waals surface area contributed by atoms with Gasteiger partial charge in [-0.05, 0) is 32.1 Å². The van der Waals surface area contributed by atoms with Crippen LogP contribution >= 0.6 is 0 Å². The highest BCUT2D eigenvalue weighted by molar-refractivity contribution is 7.85. The van der Waals surface area contributed by atoms with E-state index in [4.69, 9.17) is 4.74 Å².